The summed E-state index contributed by atoms with van der Waals surface area (Å²) >= 11 is 6.12. The van der Waals surface area contributed by atoms with E-state index in [2.05, 4.69) is 9.97 Å². The van der Waals surface area contributed by atoms with E-state index in [0.29, 0.717) is 35.1 Å². The molecule has 0 aromatic carbocycles. The minimum atomic E-state index is -3.63. The van der Waals surface area contributed by atoms with Gasteiger partial charge in [0.25, 0.3) is 0 Å². The third kappa shape index (κ3) is 3.12. The number of rotatable bonds is 7. The molecule has 120 valence electrons. The van der Waals surface area contributed by atoms with E-state index in [9.17, 15) is 8.42 Å². The summed E-state index contributed by atoms with van der Waals surface area (Å²) in [6.45, 7) is 1.41. The lowest BCUT2D eigenvalue weighted by Crippen LogP contribution is -2.30. The predicted octanol–water partition coefficient (Wildman–Crippen LogP) is 2.26. The molecule has 1 aliphatic carbocycles. The van der Waals surface area contributed by atoms with Crippen LogP contribution in [0.2, 0.25) is 5.02 Å². The average molecular weight is 344 g/mol. The Morgan fingerprint density at radius 2 is 2.27 bits per heavy atom. The lowest BCUT2D eigenvalue weighted by Gasteiger charge is -2.16. The molecule has 0 bridgehead atoms. The number of fused-ring (bicyclic) bond motifs is 1. The van der Waals surface area contributed by atoms with Crippen molar-refractivity contribution in [2.24, 2.45) is 5.92 Å². The van der Waals surface area contributed by atoms with Crippen molar-refractivity contribution in [1.82, 2.24) is 14.3 Å². The van der Waals surface area contributed by atoms with Gasteiger partial charge in [0.05, 0.1) is 17.0 Å². The number of halogens is 1. The van der Waals surface area contributed by atoms with E-state index < -0.39 is 10.0 Å². The number of aromatic nitrogens is 2. The first-order chi connectivity index (χ1) is 10.5. The molecule has 0 radical (unpaired) electrons. The van der Waals surface area contributed by atoms with Crippen LogP contribution < -0.4 is 0 Å². The van der Waals surface area contributed by atoms with Gasteiger partial charge < -0.3 is 9.72 Å². The summed E-state index contributed by atoms with van der Waals surface area (Å²) in [5.41, 5.74) is 0.462. The summed E-state index contributed by atoms with van der Waals surface area (Å²) in [5, 5.41) is 0.790. The lowest BCUT2D eigenvalue weighted by atomic mass is 10.3. The van der Waals surface area contributed by atoms with Gasteiger partial charge in [-0.3, -0.25) is 0 Å². The van der Waals surface area contributed by atoms with Gasteiger partial charge in [-0.1, -0.05) is 11.6 Å². The molecule has 2 heterocycles. The molecular weight excluding hydrogens is 326 g/mol. The quantitative estimate of drug-likeness (QED) is 0.782. The number of hydrogen-bond donors (Lipinski definition) is 1. The summed E-state index contributed by atoms with van der Waals surface area (Å²) in [6.07, 6.45) is 5.40. The molecule has 22 heavy (non-hydrogen) atoms. The number of pyridine rings is 1. The van der Waals surface area contributed by atoms with Crippen LogP contribution in [-0.4, -0.2) is 49.5 Å². The normalized spacial score (nSPS) is 15.8. The third-order valence-corrected chi connectivity index (χ3v) is 5.97. The molecule has 2 aromatic heterocycles. The average Bonchev–Trinajstić information content (AvgIpc) is 3.19. The summed E-state index contributed by atoms with van der Waals surface area (Å²) in [6, 6.07) is 1.58. The molecule has 3 rings (SSSR count). The largest absolute Gasteiger partial charge is 0.380 e. The molecule has 1 aliphatic rings. The van der Waals surface area contributed by atoms with E-state index in [1.54, 1.807) is 13.1 Å². The van der Waals surface area contributed by atoms with E-state index >= 15 is 0 Å². The van der Waals surface area contributed by atoms with Crippen molar-refractivity contribution >= 4 is 32.7 Å². The lowest BCUT2D eigenvalue weighted by molar-refractivity contribution is 0.117. The van der Waals surface area contributed by atoms with Crippen molar-refractivity contribution in [3.8, 4) is 0 Å². The van der Waals surface area contributed by atoms with E-state index in [0.717, 1.165) is 6.61 Å². The summed E-state index contributed by atoms with van der Waals surface area (Å²) < 4.78 is 32.1. The Labute approximate surface area is 134 Å². The Balaban J connectivity index is 1.75. The van der Waals surface area contributed by atoms with Crippen LogP contribution in [0.1, 0.15) is 12.8 Å². The summed E-state index contributed by atoms with van der Waals surface area (Å²) in [7, 11) is -2.09. The van der Waals surface area contributed by atoms with Crippen LogP contribution in [0, 0.1) is 5.92 Å². The number of nitrogens with one attached hydrogen (secondary N) is 1. The van der Waals surface area contributed by atoms with Crippen molar-refractivity contribution in [2.75, 3.05) is 26.8 Å². The molecule has 0 amide bonds. The van der Waals surface area contributed by atoms with Gasteiger partial charge in [0.1, 0.15) is 10.5 Å². The molecule has 2 aromatic rings. The van der Waals surface area contributed by atoms with Gasteiger partial charge in [-0.05, 0) is 24.8 Å². The number of hydrogen-bond acceptors (Lipinski definition) is 4. The maximum atomic E-state index is 12.7. The fourth-order valence-electron chi connectivity index (χ4n) is 2.21. The number of sulfonamides is 1. The number of ether oxygens (including phenoxy) is 1. The zero-order valence-corrected chi connectivity index (χ0v) is 13.8. The number of H-pyrrole nitrogens is 1. The number of aromatic amines is 1. The fourth-order valence-corrected chi connectivity index (χ4v) is 3.83. The van der Waals surface area contributed by atoms with Crippen molar-refractivity contribution in [3.05, 3.63) is 23.5 Å². The van der Waals surface area contributed by atoms with Crippen LogP contribution in [-0.2, 0) is 14.8 Å². The van der Waals surface area contributed by atoms with Crippen molar-refractivity contribution in [1.29, 1.82) is 0 Å². The van der Waals surface area contributed by atoms with Crippen LogP contribution in [0.25, 0.3) is 11.0 Å². The van der Waals surface area contributed by atoms with Crippen LogP contribution in [0.5, 0.6) is 0 Å². The highest BCUT2D eigenvalue weighted by atomic mass is 35.5. The highest BCUT2D eigenvalue weighted by Crippen LogP contribution is 2.30. The number of nitrogens with zero attached hydrogens (tertiary/aromatic N) is 2. The van der Waals surface area contributed by atoms with Gasteiger partial charge in [0.15, 0.2) is 0 Å². The monoisotopic (exact) mass is 343 g/mol. The van der Waals surface area contributed by atoms with Crippen molar-refractivity contribution in [2.45, 2.75) is 17.7 Å². The second-order valence-corrected chi connectivity index (χ2v) is 7.93. The van der Waals surface area contributed by atoms with Gasteiger partial charge >= 0.3 is 0 Å². The molecule has 0 unspecified atom stereocenters. The minimum absolute atomic E-state index is 0.144. The molecule has 0 saturated heterocycles. The standard InChI is InChI=1S/C14H18ClN3O3S/c1-18(6-7-21-9-10-2-3-10)22(19,20)12-8-17-14-13(12)11(15)4-5-16-14/h4-5,8,10H,2-3,6-7,9H2,1H3,(H,16,17). The van der Waals surface area contributed by atoms with Crippen LogP contribution in [0.4, 0.5) is 0 Å². The summed E-state index contributed by atoms with van der Waals surface area (Å²) in [5.74, 6) is 0.667. The first-order valence-electron chi connectivity index (χ1n) is 7.16. The van der Waals surface area contributed by atoms with Crippen LogP contribution in [0.15, 0.2) is 23.4 Å². The van der Waals surface area contributed by atoms with Gasteiger partial charge in [0, 0.05) is 32.6 Å². The van der Waals surface area contributed by atoms with Gasteiger partial charge in [-0.15, -0.1) is 0 Å². The first kappa shape index (κ1) is 15.7. The molecule has 8 heteroatoms. The van der Waals surface area contributed by atoms with Gasteiger partial charge in [-0.25, -0.2) is 13.4 Å². The fraction of sp³-hybridized carbons (Fsp3) is 0.500. The van der Waals surface area contributed by atoms with Crippen LogP contribution >= 0.6 is 11.6 Å². The molecule has 1 N–H and O–H groups in total. The Hall–Kier alpha value is -1.15. The maximum absolute atomic E-state index is 12.7. The molecule has 6 nitrogen and oxygen atoms in total. The van der Waals surface area contributed by atoms with Crippen LogP contribution in [0.3, 0.4) is 0 Å². The topological polar surface area (TPSA) is 75.3 Å². The Morgan fingerprint density at radius 3 is 3.00 bits per heavy atom. The minimum Gasteiger partial charge on any atom is -0.380 e. The SMILES string of the molecule is CN(CCOCC1CC1)S(=O)(=O)c1c[nH]c2nccc(Cl)c12. The molecular formula is C14H18ClN3O3S. The Bertz CT molecular complexity index is 771. The molecule has 0 atom stereocenters. The third-order valence-electron chi connectivity index (χ3n) is 3.78. The van der Waals surface area contributed by atoms with E-state index in [4.69, 9.17) is 16.3 Å². The van der Waals surface area contributed by atoms with Gasteiger partial charge in [0.2, 0.25) is 10.0 Å². The molecule has 0 spiro atoms. The smallest absolute Gasteiger partial charge is 0.245 e. The Kier molecular flexibility index (Phi) is 4.40. The second-order valence-electron chi connectivity index (χ2n) is 5.51. The predicted molar refractivity (Wildman–Crippen MR) is 84.5 cm³/mol. The molecule has 0 aliphatic heterocycles. The number of likely N-dealkylation sites (N-methyl/N-ethyl adjacent to an activating group) is 1. The Morgan fingerprint density at radius 1 is 1.50 bits per heavy atom. The van der Waals surface area contributed by atoms with Gasteiger partial charge in [-0.2, -0.15) is 4.31 Å². The zero-order chi connectivity index (χ0) is 15.7. The highest BCUT2D eigenvalue weighted by Gasteiger charge is 2.26. The zero-order valence-electron chi connectivity index (χ0n) is 12.3. The first-order valence-corrected chi connectivity index (χ1v) is 8.97. The summed E-state index contributed by atoms with van der Waals surface area (Å²) in [4.78, 5) is 7.08. The second kappa shape index (κ2) is 6.16. The van der Waals surface area contributed by atoms with E-state index in [1.807, 2.05) is 0 Å². The molecule has 1 fully saturated rings. The van der Waals surface area contributed by atoms with Crippen molar-refractivity contribution < 1.29 is 13.2 Å². The highest BCUT2D eigenvalue weighted by molar-refractivity contribution is 7.89. The maximum Gasteiger partial charge on any atom is 0.245 e. The van der Waals surface area contributed by atoms with E-state index in [-0.39, 0.29) is 4.90 Å². The van der Waals surface area contributed by atoms with E-state index in [1.165, 1.54) is 29.5 Å². The molecule has 1 saturated carbocycles. The van der Waals surface area contributed by atoms with Crippen molar-refractivity contribution in [3.63, 3.8) is 0 Å².